The van der Waals surface area contributed by atoms with Gasteiger partial charge in [0.05, 0.1) is 25.4 Å². The number of nitrogens with zero attached hydrogens (tertiary/aromatic N) is 1. The first kappa shape index (κ1) is 15.0. The van der Waals surface area contributed by atoms with Crippen LogP contribution in [0.5, 0.6) is 0 Å². The third-order valence-corrected chi connectivity index (χ3v) is 2.60. The van der Waals surface area contributed by atoms with E-state index < -0.39 is 24.4 Å². The second-order valence-corrected chi connectivity index (χ2v) is 3.52. The first-order chi connectivity index (χ1) is 6.61. The van der Waals surface area contributed by atoms with Crippen molar-refractivity contribution in [1.29, 1.82) is 0 Å². The van der Waals surface area contributed by atoms with E-state index in [4.69, 9.17) is 10.2 Å². The van der Waals surface area contributed by atoms with Crippen molar-refractivity contribution in [2.24, 2.45) is 0 Å². The zero-order valence-electron chi connectivity index (χ0n) is 8.23. The maximum absolute atomic E-state index is 9.51. The molecule has 4 atom stereocenters. The monoisotopic (exact) mass is 243 g/mol. The van der Waals surface area contributed by atoms with E-state index in [2.05, 4.69) is 0 Å². The molecule has 0 aliphatic carbocycles. The molecule has 0 spiro atoms. The molecule has 1 aliphatic heterocycles. The van der Waals surface area contributed by atoms with Crippen LogP contribution in [0, 0.1) is 0 Å². The number of aliphatic hydroxyl groups excluding tert-OH is 5. The lowest BCUT2D eigenvalue weighted by molar-refractivity contribution is -0.146. The van der Waals surface area contributed by atoms with Crippen LogP contribution in [0.3, 0.4) is 0 Å². The lowest BCUT2D eigenvalue weighted by Crippen LogP contribution is -2.62. The molecule has 1 rings (SSSR count). The molecule has 5 N–H and O–H groups in total. The van der Waals surface area contributed by atoms with Crippen molar-refractivity contribution in [3.05, 3.63) is 0 Å². The molecule has 6 nitrogen and oxygen atoms in total. The van der Waals surface area contributed by atoms with Crippen molar-refractivity contribution in [3.8, 4) is 0 Å². The normalized spacial score (nSPS) is 37.4. The lowest BCUT2D eigenvalue weighted by Gasteiger charge is -2.42. The Hall–Kier alpha value is 0.0500. The van der Waals surface area contributed by atoms with Gasteiger partial charge < -0.3 is 25.5 Å². The number of rotatable bonds is 3. The van der Waals surface area contributed by atoms with E-state index in [9.17, 15) is 15.3 Å². The molecule has 0 bridgehead atoms. The average Bonchev–Trinajstić information content (AvgIpc) is 2.16. The minimum absolute atomic E-state index is 0. The van der Waals surface area contributed by atoms with E-state index >= 15 is 0 Å². The lowest BCUT2D eigenvalue weighted by atomic mass is 9.94. The van der Waals surface area contributed by atoms with Crippen LogP contribution in [0.25, 0.3) is 0 Å². The standard InChI is InChI=1S/C8H17NO5.ClH/c10-2-1-9-3-6(12)8(14)7(13)5(9)4-11;/h5-8,10-14H,1-4H2;1H/t5-,6-,7-,8+;/m0./s1. The Morgan fingerprint density at radius 1 is 1.07 bits per heavy atom. The molecule has 0 unspecified atom stereocenters. The third-order valence-electron chi connectivity index (χ3n) is 2.60. The molecular weight excluding hydrogens is 226 g/mol. The number of β-amino-alcohol motifs (C(OH)–C–C–N with tert-alkyl or cyclic N) is 2. The Balaban J connectivity index is 0.00000196. The van der Waals surface area contributed by atoms with Crippen molar-refractivity contribution in [2.45, 2.75) is 24.4 Å². The number of hydrogen-bond acceptors (Lipinski definition) is 6. The van der Waals surface area contributed by atoms with Crippen LogP contribution < -0.4 is 0 Å². The van der Waals surface area contributed by atoms with E-state index in [1.807, 2.05) is 0 Å². The van der Waals surface area contributed by atoms with Gasteiger partial charge in [-0.3, -0.25) is 4.90 Å². The first-order valence-electron chi connectivity index (χ1n) is 4.61. The minimum atomic E-state index is -1.23. The van der Waals surface area contributed by atoms with Crippen molar-refractivity contribution < 1.29 is 25.5 Å². The summed E-state index contributed by atoms with van der Waals surface area (Å²) in [5, 5.41) is 45.9. The maximum atomic E-state index is 9.51. The summed E-state index contributed by atoms with van der Waals surface area (Å²) < 4.78 is 0. The Morgan fingerprint density at radius 3 is 2.13 bits per heavy atom. The molecule has 92 valence electrons. The fraction of sp³-hybridized carbons (Fsp3) is 1.00. The Kier molecular flexibility index (Phi) is 6.62. The van der Waals surface area contributed by atoms with E-state index in [0.29, 0.717) is 0 Å². The summed E-state index contributed by atoms with van der Waals surface area (Å²) in [5.41, 5.74) is 0. The van der Waals surface area contributed by atoms with E-state index in [1.54, 1.807) is 4.90 Å². The quantitative estimate of drug-likeness (QED) is 0.366. The van der Waals surface area contributed by atoms with Crippen LogP contribution in [-0.2, 0) is 0 Å². The fourth-order valence-corrected chi connectivity index (χ4v) is 1.76. The Bertz CT molecular complexity index is 184. The molecule has 0 saturated carbocycles. The number of likely N-dealkylation sites (tertiary alicyclic amines) is 1. The van der Waals surface area contributed by atoms with Crippen molar-refractivity contribution in [3.63, 3.8) is 0 Å². The second kappa shape index (κ2) is 6.59. The summed E-state index contributed by atoms with van der Waals surface area (Å²) in [6, 6.07) is -0.624. The van der Waals surface area contributed by atoms with Crippen LogP contribution in [-0.4, -0.2) is 81.1 Å². The van der Waals surface area contributed by atoms with E-state index in [0.717, 1.165) is 0 Å². The van der Waals surface area contributed by atoms with Gasteiger partial charge in [0.2, 0.25) is 0 Å². The molecular formula is C8H18ClNO5. The summed E-state index contributed by atoms with van der Waals surface area (Å²) in [7, 11) is 0. The summed E-state index contributed by atoms with van der Waals surface area (Å²) in [5.74, 6) is 0. The molecule has 0 radical (unpaired) electrons. The molecule has 15 heavy (non-hydrogen) atoms. The zero-order valence-corrected chi connectivity index (χ0v) is 9.05. The van der Waals surface area contributed by atoms with Gasteiger partial charge in [0.25, 0.3) is 0 Å². The largest absolute Gasteiger partial charge is 0.395 e. The average molecular weight is 244 g/mol. The molecule has 0 amide bonds. The highest BCUT2D eigenvalue weighted by atomic mass is 35.5. The smallest absolute Gasteiger partial charge is 0.109 e. The summed E-state index contributed by atoms with van der Waals surface area (Å²) in [6.07, 6.45) is -3.46. The van der Waals surface area contributed by atoms with Crippen LogP contribution in [0.2, 0.25) is 0 Å². The van der Waals surface area contributed by atoms with Gasteiger partial charge in [0.1, 0.15) is 12.2 Å². The summed E-state index contributed by atoms with van der Waals surface area (Å²) >= 11 is 0. The summed E-state index contributed by atoms with van der Waals surface area (Å²) in [4.78, 5) is 1.56. The number of halogens is 1. The van der Waals surface area contributed by atoms with Crippen LogP contribution in [0.15, 0.2) is 0 Å². The Labute approximate surface area is 94.2 Å². The van der Waals surface area contributed by atoms with Crippen molar-refractivity contribution in [1.82, 2.24) is 4.90 Å². The second-order valence-electron chi connectivity index (χ2n) is 3.52. The molecule has 0 aromatic rings. The van der Waals surface area contributed by atoms with Crippen LogP contribution in [0.4, 0.5) is 0 Å². The van der Waals surface area contributed by atoms with Gasteiger partial charge in [0, 0.05) is 13.1 Å². The zero-order chi connectivity index (χ0) is 10.7. The molecule has 1 fully saturated rings. The molecule has 7 heteroatoms. The van der Waals surface area contributed by atoms with Crippen LogP contribution in [0.1, 0.15) is 0 Å². The van der Waals surface area contributed by atoms with Gasteiger partial charge in [-0.2, -0.15) is 0 Å². The topological polar surface area (TPSA) is 104 Å². The molecule has 0 aromatic heterocycles. The van der Waals surface area contributed by atoms with Gasteiger partial charge in [-0.15, -0.1) is 12.4 Å². The van der Waals surface area contributed by atoms with Gasteiger partial charge in [-0.05, 0) is 0 Å². The molecule has 1 heterocycles. The summed E-state index contributed by atoms with van der Waals surface area (Å²) in [6.45, 7) is -0.0347. The highest BCUT2D eigenvalue weighted by molar-refractivity contribution is 5.85. The highest BCUT2D eigenvalue weighted by Crippen LogP contribution is 2.18. The SMILES string of the molecule is Cl.OCCN1C[C@H](O)[C@@H](O)[C@@H](O)[C@@H]1CO. The number of piperidine rings is 1. The maximum Gasteiger partial charge on any atom is 0.109 e. The molecule has 1 saturated heterocycles. The number of hydrogen-bond donors (Lipinski definition) is 5. The van der Waals surface area contributed by atoms with Gasteiger partial charge in [0.15, 0.2) is 0 Å². The highest BCUT2D eigenvalue weighted by Gasteiger charge is 2.40. The van der Waals surface area contributed by atoms with E-state index in [-0.39, 0.29) is 38.7 Å². The van der Waals surface area contributed by atoms with Crippen molar-refractivity contribution >= 4 is 12.4 Å². The predicted molar refractivity (Wildman–Crippen MR) is 54.8 cm³/mol. The van der Waals surface area contributed by atoms with Gasteiger partial charge in [-0.1, -0.05) is 0 Å². The van der Waals surface area contributed by atoms with Crippen LogP contribution >= 0.6 is 12.4 Å². The first-order valence-corrected chi connectivity index (χ1v) is 4.61. The minimum Gasteiger partial charge on any atom is -0.395 e. The Morgan fingerprint density at radius 2 is 1.67 bits per heavy atom. The predicted octanol–water partition coefficient (Wildman–Crippen LogP) is -2.84. The van der Waals surface area contributed by atoms with Gasteiger partial charge in [-0.25, -0.2) is 0 Å². The molecule has 0 aromatic carbocycles. The fourth-order valence-electron chi connectivity index (χ4n) is 1.76. The third kappa shape index (κ3) is 3.25. The van der Waals surface area contributed by atoms with E-state index in [1.165, 1.54) is 0 Å². The van der Waals surface area contributed by atoms with Gasteiger partial charge >= 0.3 is 0 Å². The van der Waals surface area contributed by atoms with Crippen molar-refractivity contribution in [2.75, 3.05) is 26.3 Å². The molecule has 1 aliphatic rings. The number of aliphatic hydroxyl groups is 5.